The van der Waals surface area contributed by atoms with Crippen LogP contribution in [0, 0.1) is 0 Å². The maximum Gasteiger partial charge on any atom is 0.243 e. The molecule has 1 aliphatic heterocycles. The third-order valence-electron chi connectivity index (χ3n) is 3.44. The van der Waals surface area contributed by atoms with Crippen LogP contribution >= 0.6 is 11.8 Å². The average molecular weight is 292 g/mol. The number of amides is 2. The Morgan fingerprint density at radius 1 is 1.00 bits per heavy atom. The number of benzene rings is 1. The molecule has 4 nitrogen and oxygen atoms in total. The summed E-state index contributed by atoms with van der Waals surface area (Å²) in [5.74, 6) is 0.746. The van der Waals surface area contributed by atoms with Crippen molar-refractivity contribution in [3.63, 3.8) is 0 Å². The van der Waals surface area contributed by atoms with Crippen LogP contribution in [0.15, 0.2) is 30.3 Å². The molecule has 1 aromatic rings. The summed E-state index contributed by atoms with van der Waals surface area (Å²) in [7, 11) is 0. The fraction of sp³-hybridized carbons (Fsp3) is 0.467. The van der Waals surface area contributed by atoms with Crippen LogP contribution in [-0.4, -0.2) is 35.9 Å². The van der Waals surface area contributed by atoms with Crippen LogP contribution in [0.3, 0.4) is 0 Å². The molecule has 2 amide bonds. The third-order valence-corrected chi connectivity index (χ3v) is 4.09. The van der Waals surface area contributed by atoms with Crippen molar-refractivity contribution in [1.82, 2.24) is 10.6 Å². The predicted octanol–water partition coefficient (Wildman–Crippen LogP) is 1.36. The van der Waals surface area contributed by atoms with Crippen molar-refractivity contribution in [1.29, 1.82) is 0 Å². The second-order valence-corrected chi connectivity index (χ2v) is 5.91. The van der Waals surface area contributed by atoms with Gasteiger partial charge in [0.25, 0.3) is 0 Å². The lowest BCUT2D eigenvalue weighted by Gasteiger charge is -2.29. The van der Waals surface area contributed by atoms with Gasteiger partial charge < -0.3 is 10.6 Å². The van der Waals surface area contributed by atoms with E-state index in [4.69, 9.17) is 0 Å². The van der Waals surface area contributed by atoms with Gasteiger partial charge in [0.05, 0.1) is 0 Å². The van der Waals surface area contributed by atoms with Gasteiger partial charge in [0.2, 0.25) is 11.8 Å². The lowest BCUT2D eigenvalue weighted by molar-refractivity contribution is -0.136. The van der Waals surface area contributed by atoms with E-state index >= 15 is 0 Å². The zero-order valence-corrected chi connectivity index (χ0v) is 12.4. The number of hydrogen-bond acceptors (Lipinski definition) is 3. The van der Waals surface area contributed by atoms with Crippen molar-refractivity contribution in [3.8, 4) is 0 Å². The maximum atomic E-state index is 12.0. The van der Waals surface area contributed by atoms with Gasteiger partial charge in [0.1, 0.15) is 12.1 Å². The zero-order valence-electron chi connectivity index (χ0n) is 11.6. The molecule has 0 unspecified atom stereocenters. The number of carbonyl (C=O) groups is 2. The number of rotatable bonds is 6. The number of thioether (sulfide) groups is 1. The number of hydrogen-bond donors (Lipinski definition) is 2. The molecule has 1 heterocycles. The Bertz CT molecular complexity index is 464. The van der Waals surface area contributed by atoms with E-state index in [9.17, 15) is 9.59 Å². The van der Waals surface area contributed by atoms with Gasteiger partial charge in [-0.15, -0.1) is 0 Å². The first-order valence-corrected chi connectivity index (χ1v) is 8.23. The fourth-order valence-corrected chi connectivity index (χ4v) is 2.75. The van der Waals surface area contributed by atoms with Gasteiger partial charge in [-0.05, 0) is 36.8 Å². The Kier molecular flexibility index (Phi) is 5.47. The fourth-order valence-electron chi connectivity index (χ4n) is 2.27. The van der Waals surface area contributed by atoms with E-state index in [1.807, 2.05) is 36.6 Å². The molecule has 2 rings (SSSR count). The summed E-state index contributed by atoms with van der Waals surface area (Å²) in [6.07, 6.45) is 4.10. The van der Waals surface area contributed by atoms with E-state index in [2.05, 4.69) is 10.6 Å². The standard InChI is InChI=1S/C15H20N2O2S/c1-20-10-9-13-15(19)16-12(14(18)17-13)8-7-11-5-3-2-4-6-11/h2-6,12-13H,7-10H2,1H3,(H,16,19)(H,17,18)/t12-,13-/m0/s1. The number of piperazine rings is 1. The Hall–Kier alpha value is -1.49. The largest absolute Gasteiger partial charge is 0.343 e. The second-order valence-electron chi connectivity index (χ2n) is 4.93. The molecule has 0 aliphatic carbocycles. The Morgan fingerprint density at radius 3 is 2.20 bits per heavy atom. The highest BCUT2D eigenvalue weighted by molar-refractivity contribution is 7.98. The molecule has 108 valence electrons. The van der Waals surface area contributed by atoms with E-state index in [0.717, 1.165) is 12.2 Å². The summed E-state index contributed by atoms with van der Waals surface area (Å²) in [4.78, 5) is 23.9. The quantitative estimate of drug-likeness (QED) is 0.832. The molecule has 0 aromatic heterocycles. The van der Waals surface area contributed by atoms with Crippen molar-refractivity contribution in [2.75, 3.05) is 12.0 Å². The SMILES string of the molecule is CSCC[C@@H]1NC(=O)[C@H](CCc2ccccc2)NC1=O. The smallest absolute Gasteiger partial charge is 0.243 e. The van der Waals surface area contributed by atoms with Crippen molar-refractivity contribution < 1.29 is 9.59 Å². The molecular formula is C15H20N2O2S. The molecule has 0 radical (unpaired) electrons. The molecule has 1 aromatic carbocycles. The van der Waals surface area contributed by atoms with Crippen molar-refractivity contribution >= 4 is 23.6 Å². The summed E-state index contributed by atoms with van der Waals surface area (Å²) in [5.41, 5.74) is 1.18. The van der Waals surface area contributed by atoms with Gasteiger partial charge in [-0.1, -0.05) is 30.3 Å². The van der Waals surface area contributed by atoms with Gasteiger partial charge >= 0.3 is 0 Å². The zero-order chi connectivity index (χ0) is 14.4. The van der Waals surface area contributed by atoms with Crippen LogP contribution in [0.4, 0.5) is 0 Å². The Morgan fingerprint density at radius 2 is 1.60 bits per heavy atom. The van der Waals surface area contributed by atoms with Crippen LogP contribution in [0.25, 0.3) is 0 Å². The first-order chi connectivity index (χ1) is 9.70. The van der Waals surface area contributed by atoms with Gasteiger partial charge in [0.15, 0.2) is 0 Å². The van der Waals surface area contributed by atoms with Gasteiger partial charge in [-0.25, -0.2) is 0 Å². The minimum absolute atomic E-state index is 0.0586. The Balaban J connectivity index is 1.85. The number of carbonyl (C=O) groups excluding carboxylic acids is 2. The average Bonchev–Trinajstić information content (AvgIpc) is 2.47. The highest BCUT2D eigenvalue weighted by Crippen LogP contribution is 2.10. The summed E-state index contributed by atoms with van der Waals surface area (Å²) in [6, 6.07) is 9.21. The first kappa shape index (κ1) is 14.9. The summed E-state index contributed by atoms with van der Waals surface area (Å²) >= 11 is 1.68. The van der Waals surface area contributed by atoms with E-state index < -0.39 is 6.04 Å². The highest BCUT2D eigenvalue weighted by atomic mass is 32.2. The van der Waals surface area contributed by atoms with E-state index in [0.29, 0.717) is 12.8 Å². The maximum absolute atomic E-state index is 12.0. The molecule has 0 bridgehead atoms. The van der Waals surface area contributed by atoms with E-state index in [1.165, 1.54) is 5.56 Å². The number of nitrogens with one attached hydrogen (secondary N) is 2. The van der Waals surface area contributed by atoms with Crippen LogP contribution in [-0.2, 0) is 16.0 Å². The Labute approximate surface area is 123 Å². The van der Waals surface area contributed by atoms with Crippen LogP contribution in [0.5, 0.6) is 0 Å². The van der Waals surface area contributed by atoms with Crippen LogP contribution in [0.1, 0.15) is 18.4 Å². The number of aryl methyl sites for hydroxylation is 1. The van der Waals surface area contributed by atoms with Gasteiger partial charge in [0, 0.05) is 0 Å². The molecule has 2 atom stereocenters. The molecule has 0 spiro atoms. The van der Waals surface area contributed by atoms with E-state index in [1.54, 1.807) is 11.8 Å². The lowest BCUT2D eigenvalue weighted by atomic mass is 10.0. The van der Waals surface area contributed by atoms with Crippen LogP contribution in [0.2, 0.25) is 0 Å². The van der Waals surface area contributed by atoms with Gasteiger partial charge in [-0.3, -0.25) is 9.59 Å². The molecule has 0 saturated carbocycles. The monoisotopic (exact) mass is 292 g/mol. The normalized spacial score (nSPS) is 22.2. The molecule has 5 heteroatoms. The minimum atomic E-state index is -0.409. The van der Waals surface area contributed by atoms with Gasteiger partial charge in [-0.2, -0.15) is 11.8 Å². The lowest BCUT2D eigenvalue weighted by Crippen LogP contribution is -2.61. The topological polar surface area (TPSA) is 58.2 Å². The molecule has 1 saturated heterocycles. The van der Waals surface area contributed by atoms with Crippen LogP contribution < -0.4 is 10.6 Å². The molecule has 20 heavy (non-hydrogen) atoms. The predicted molar refractivity (Wildman–Crippen MR) is 81.6 cm³/mol. The first-order valence-electron chi connectivity index (χ1n) is 6.84. The third kappa shape index (κ3) is 4.00. The highest BCUT2D eigenvalue weighted by Gasteiger charge is 2.32. The molecular weight excluding hydrogens is 272 g/mol. The van der Waals surface area contributed by atoms with Crippen molar-refractivity contribution in [2.45, 2.75) is 31.3 Å². The van der Waals surface area contributed by atoms with Crippen molar-refractivity contribution in [3.05, 3.63) is 35.9 Å². The second kappa shape index (κ2) is 7.33. The van der Waals surface area contributed by atoms with Crippen molar-refractivity contribution in [2.24, 2.45) is 0 Å². The van der Waals surface area contributed by atoms with E-state index in [-0.39, 0.29) is 17.9 Å². The minimum Gasteiger partial charge on any atom is -0.343 e. The molecule has 1 fully saturated rings. The molecule has 1 aliphatic rings. The summed E-state index contributed by atoms with van der Waals surface area (Å²) in [6.45, 7) is 0. The molecule has 2 N–H and O–H groups in total. The summed E-state index contributed by atoms with van der Waals surface area (Å²) in [5, 5.41) is 5.66. The summed E-state index contributed by atoms with van der Waals surface area (Å²) < 4.78 is 0.